The van der Waals surface area contributed by atoms with E-state index in [0.717, 1.165) is 5.39 Å². The summed E-state index contributed by atoms with van der Waals surface area (Å²) < 4.78 is 10.3. The number of ketones is 1. The number of para-hydroxylation sites is 1. The van der Waals surface area contributed by atoms with Gasteiger partial charge >= 0.3 is 5.97 Å². The molecular weight excluding hydrogens is 318 g/mol. The predicted octanol–water partition coefficient (Wildman–Crippen LogP) is 3.67. The van der Waals surface area contributed by atoms with Crippen LogP contribution in [0.2, 0.25) is 0 Å². The second-order valence-electron chi connectivity index (χ2n) is 5.53. The third-order valence-electron chi connectivity index (χ3n) is 3.84. The van der Waals surface area contributed by atoms with Crippen LogP contribution in [-0.2, 0) is 4.74 Å². The van der Waals surface area contributed by atoms with E-state index in [1.807, 2.05) is 24.3 Å². The summed E-state index contributed by atoms with van der Waals surface area (Å²) in [4.78, 5) is 28.9. The number of carbonyl (C=O) groups is 2. The van der Waals surface area contributed by atoms with E-state index in [1.54, 1.807) is 50.4 Å². The quantitative estimate of drug-likeness (QED) is 0.526. The molecule has 0 amide bonds. The minimum atomic E-state index is -0.908. The summed E-state index contributed by atoms with van der Waals surface area (Å²) in [5.74, 6) is -0.251. The van der Waals surface area contributed by atoms with Gasteiger partial charge in [0.1, 0.15) is 11.4 Å². The lowest BCUT2D eigenvalue weighted by atomic mass is 10.1. The molecule has 2 aromatic carbocycles. The van der Waals surface area contributed by atoms with Crippen LogP contribution in [0.25, 0.3) is 10.9 Å². The molecule has 0 bridgehead atoms. The molecule has 0 N–H and O–H groups in total. The van der Waals surface area contributed by atoms with Crippen molar-refractivity contribution in [2.24, 2.45) is 0 Å². The number of Topliss-reactive ketones (excluding diaryl/α,β-unsaturated/α-hetero) is 1. The van der Waals surface area contributed by atoms with Gasteiger partial charge in [0, 0.05) is 10.9 Å². The molecule has 0 aliphatic carbocycles. The van der Waals surface area contributed by atoms with Crippen LogP contribution in [0.4, 0.5) is 0 Å². The van der Waals surface area contributed by atoms with Crippen LogP contribution < -0.4 is 4.74 Å². The van der Waals surface area contributed by atoms with Crippen LogP contribution in [0.5, 0.6) is 5.75 Å². The zero-order valence-electron chi connectivity index (χ0n) is 13.9. The van der Waals surface area contributed by atoms with Crippen molar-refractivity contribution >= 4 is 22.7 Å². The van der Waals surface area contributed by atoms with Crippen molar-refractivity contribution < 1.29 is 19.1 Å². The summed E-state index contributed by atoms with van der Waals surface area (Å²) >= 11 is 0. The SMILES string of the molecule is COc1ccc(C(=O)[C@H](C)OC(=O)c2ccc3ccccc3n2)cc1. The summed E-state index contributed by atoms with van der Waals surface area (Å²) in [6.45, 7) is 1.55. The third-order valence-corrected chi connectivity index (χ3v) is 3.84. The molecular formula is C20H17NO4. The highest BCUT2D eigenvalue weighted by atomic mass is 16.5. The Bertz CT molecular complexity index is 918. The summed E-state index contributed by atoms with van der Waals surface area (Å²) in [6, 6.07) is 17.5. The van der Waals surface area contributed by atoms with Crippen molar-refractivity contribution in [1.29, 1.82) is 0 Å². The molecule has 5 nitrogen and oxygen atoms in total. The van der Waals surface area contributed by atoms with E-state index < -0.39 is 12.1 Å². The van der Waals surface area contributed by atoms with Crippen LogP contribution in [0.15, 0.2) is 60.7 Å². The Hall–Kier alpha value is -3.21. The van der Waals surface area contributed by atoms with E-state index in [1.165, 1.54) is 0 Å². The van der Waals surface area contributed by atoms with Crippen molar-refractivity contribution in [2.45, 2.75) is 13.0 Å². The van der Waals surface area contributed by atoms with Crippen molar-refractivity contribution in [1.82, 2.24) is 4.98 Å². The Morgan fingerprint density at radius 3 is 2.40 bits per heavy atom. The van der Waals surface area contributed by atoms with E-state index in [0.29, 0.717) is 16.8 Å². The first-order valence-electron chi connectivity index (χ1n) is 7.83. The Morgan fingerprint density at radius 1 is 0.960 bits per heavy atom. The molecule has 126 valence electrons. The van der Waals surface area contributed by atoms with E-state index in [9.17, 15) is 9.59 Å². The summed E-state index contributed by atoms with van der Waals surface area (Å²) in [5, 5.41) is 0.932. The average molecular weight is 335 g/mol. The van der Waals surface area contributed by atoms with Gasteiger partial charge in [0.15, 0.2) is 6.10 Å². The number of ether oxygens (including phenoxy) is 2. The number of hydrogen-bond donors (Lipinski definition) is 0. The topological polar surface area (TPSA) is 65.5 Å². The van der Waals surface area contributed by atoms with Gasteiger partial charge in [-0.15, -0.1) is 0 Å². The number of fused-ring (bicyclic) bond motifs is 1. The zero-order chi connectivity index (χ0) is 17.8. The van der Waals surface area contributed by atoms with Crippen LogP contribution in [0.1, 0.15) is 27.8 Å². The average Bonchev–Trinajstić information content (AvgIpc) is 2.67. The molecule has 0 radical (unpaired) electrons. The van der Waals surface area contributed by atoms with Crippen LogP contribution >= 0.6 is 0 Å². The first-order chi connectivity index (χ1) is 12.1. The van der Waals surface area contributed by atoms with Gasteiger partial charge < -0.3 is 9.47 Å². The van der Waals surface area contributed by atoms with Crippen molar-refractivity contribution in [3.05, 3.63) is 71.9 Å². The smallest absolute Gasteiger partial charge is 0.357 e. The molecule has 1 aromatic heterocycles. The van der Waals surface area contributed by atoms with Gasteiger partial charge in [0.2, 0.25) is 5.78 Å². The van der Waals surface area contributed by atoms with Crippen molar-refractivity contribution in [3.63, 3.8) is 0 Å². The molecule has 0 aliphatic rings. The maximum Gasteiger partial charge on any atom is 0.357 e. The molecule has 0 unspecified atom stereocenters. The first-order valence-corrected chi connectivity index (χ1v) is 7.83. The van der Waals surface area contributed by atoms with Crippen molar-refractivity contribution in [2.75, 3.05) is 7.11 Å². The molecule has 5 heteroatoms. The fraction of sp³-hybridized carbons (Fsp3) is 0.150. The molecule has 0 saturated carbocycles. The number of rotatable bonds is 5. The third kappa shape index (κ3) is 3.66. The van der Waals surface area contributed by atoms with Gasteiger partial charge in [-0.3, -0.25) is 4.79 Å². The van der Waals surface area contributed by atoms with Crippen LogP contribution in [-0.4, -0.2) is 30.0 Å². The number of carbonyl (C=O) groups excluding carboxylic acids is 2. The van der Waals surface area contributed by atoms with E-state index in [2.05, 4.69) is 4.98 Å². The maximum absolute atomic E-state index is 12.4. The lowest BCUT2D eigenvalue weighted by Crippen LogP contribution is -2.24. The lowest BCUT2D eigenvalue weighted by molar-refractivity contribution is 0.0313. The summed E-state index contributed by atoms with van der Waals surface area (Å²) in [5.41, 5.74) is 1.33. The second-order valence-corrected chi connectivity index (χ2v) is 5.53. The molecule has 3 aromatic rings. The molecule has 0 spiro atoms. The Morgan fingerprint density at radius 2 is 1.68 bits per heavy atom. The minimum Gasteiger partial charge on any atom is -0.497 e. The standard InChI is InChI=1S/C20H17NO4/c1-13(19(22)15-7-10-16(24-2)11-8-15)25-20(23)18-12-9-14-5-3-4-6-17(14)21-18/h3-13H,1-2H3/t13-/m0/s1. The van der Waals surface area contributed by atoms with E-state index in [-0.39, 0.29) is 11.5 Å². The largest absolute Gasteiger partial charge is 0.497 e. The molecule has 3 rings (SSSR count). The number of hydrogen-bond acceptors (Lipinski definition) is 5. The number of pyridine rings is 1. The molecule has 0 aliphatic heterocycles. The van der Waals surface area contributed by atoms with Gasteiger partial charge in [-0.1, -0.05) is 24.3 Å². The fourth-order valence-corrected chi connectivity index (χ4v) is 2.44. The zero-order valence-corrected chi connectivity index (χ0v) is 13.9. The number of nitrogens with zero attached hydrogens (tertiary/aromatic N) is 1. The monoisotopic (exact) mass is 335 g/mol. The maximum atomic E-state index is 12.4. The van der Waals surface area contributed by atoms with Gasteiger partial charge in [-0.2, -0.15) is 0 Å². The van der Waals surface area contributed by atoms with Crippen molar-refractivity contribution in [3.8, 4) is 5.75 Å². The normalized spacial score (nSPS) is 11.8. The van der Waals surface area contributed by atoms with E-state index >= 15 is 0 Å². The summed E-state index contributed by atoms with van der Waals surface area (Å²) in [6.07, 6.45) is -0.908. The fourth-order valence-electron chi connectivity index (χ4n) is 2.44. The Kier molecular flexibility index (Phi) is 4.75. The van der Waals surface area contributed by atoms with Gasteiger partial charge in [-0.05, 0) is 43.3 Å². The molecule has 25 heavy (non-hydrogen) atoms. The highest BCUT2D eigenvalue weighted by Gasteiger charge is 2.21. The highest BCUT2D eigenvalue weighted by molar-refractivity contribution is 6.01. The number of esters is 1. The molecule has 0 saturated heterocycles. The second kappa shape index (κ2) is 7.13. The number of benzene rings is 2. The van der Waals surface area contributed by atoms with Gasteiger partial charge in [-0.25, -0.2) is 9.78 Å². The minimum absolute atomic E-state index is 0.174. The van der Waals surface area contributed by atoms with Gasteiger partial charge in [0.05, 0.1) is 12.6 Å². The number of methoxy groups -OCH3 is 1. The van der Waals surface area contributed by atoms with E-state index in [4.69, 9.17) is 9.47 Å². The summed E-state index contributed by atoms with van der Waals surface area (Å²) in [7, 11) is 1.55. The molecule has 1 heterocycles. The number of aromatic nitrogens is 1. The first kappa shape index (κ1) is 16.6. The predicted molar refractivity (Wildman–Crippen MR) is 93.9 cm³/mol. The van der Waals surface area contributed by atoms with Crippen LogP contribution in [0, 0.1) is 0 Å². The Labute approximate surface area is 145 Å². The lowest BCUT2D eigenvalue weighted by Gasteiger charge is -2.12. The van der Waals surface area contributed by atoms with Crippen LogP contribution in [0.3, 0.4) is 0 Å². The molecule has 0 fully saturated rings. The highest BCUT2D eigenvalue weighted by Crippen LogP contribution is 2.16. The Balaban J connectivity index is 1.72. The van der Waals surface area contributed by atoms with Gasteiger partial charge in [0.25, 0.3) is 0 Å². The molecule has 1 atom stereocenters.